The van der Waals surface area contributed by atoms with E-state index in [0.29, 0.717) is 6.54 Å². The van der Waals surface area contributed by atoms with Crippen LogP contribution in [0, 0.1) is 0 Å². The number of rotatable bonds is 6. The average Bonchev–Trinajstić information content (AvgIpc) is 2.66. The van der Waals surface area contributed by atoms with Crippen molar-refractivity contribution in [2.24, 2.45) is 5.14 Å². The molecule has 0 spiro atoms. The van der Waals surface area contributed by atoms with E-state index in [9.17, 15) is 21.6 Å². The number of nitrogens with two attached hydrogens (primary N) is 1. The van der Waals surface area contributed by atoms with Gasteiger partial charge in [-0.3, -0.25) is 4.90 Å². The zero-order valence-electron chi connectivity index (χ0n) is 15.8. The molecule has 0 radical (unpaired) electrons. The van der Waals surface area contributed by atoms with Crippen LogP contribution in [0.15, 0.2) is 53.4 Å². The van der Waals surface area contributed by atoms with Crippen LogP contribution in [0.3, 0.4) is 0 Å². The highest BCUT2D eigenvalue weighted by molar-refractivity contribution is 7.89. The molecule has 1 fully saturated rings. The lowest BCUT2D eigenvalue weighted by Gasteiger charge is -2.36. The fourth-order valence-corrected chi connectivity index (χ4v) is 4.40. The Morgan fingerprint density at radius 3 is 2.48 bits per heavy atom. The molecule has 3 rings (SSSR count). The summed E-state index contributed by atoms with van der Waals surface area (Å²) in [6, 6.07) is 13.3. The summed E-state index contributed by atoms with van der Waals surface area (Å²) in [7, 11) is -4.47. The SMILES string of the molecule is NS(=O)(=O)c1ccc(NCC2CCCCN2Cc2ccccc2)cc1C(F)(F)F. The Labute approximate surface area is 168 Å². The maximum absolute atomic E-state index is 13.3. The molecule has 2 aromatic carbocycles. The van der Waals surface area contributed by atoms with Gasteiger partial charge in [-0.2, -0.15) is 13.2 Å². The summed E-state index contributed by atoms with van der Waals surface area (Å²) >= 11 is 0. The first-order chi connectivity index (χ1) is 13.6. The maximum Gasteiger partial charge on any atom is 0.417 e. The molecule has 1 aliphatic heterocycles. The Hall–Kier alpha value is -2.10. The second kappa shape index (κ2) is 8.73. The number of piperidine rings is 1. The second-order valence-corrected chi connectivity index (χ2v) is 8.77. The maximum atomic E-state index is 13.3. The van der Waals surface area contributed by atoms with Gasteiger partial charge in [0.1, 0.15) is 0 Å². The zero-order chi connectivity index (χ0) is 21.1. The number of benzene rings is 2. The minimum atomic E-state index is -4.82. The lowest BCUT2D eigenvalue weighted by molar-refractivity contribution is -0.139. The summed E-state index contributed by atoms with van der Waals surface area (Å²) in [5.41, 5.74) is 0.154. The number of halogens is 3. The van der Waals surface area contributed by atoms with E-state index in [2.05, 4.69) is 22.3 Å². The molecule has 0 aromatic heterocycles. The van der Waals surface area contributed by atoms with Crippen molar-refractivity contribution < 1.29 is 21.6 Å². The fraction of sp³-hybridized carbons (Fsp3) is 0.400. The molecular weight excluding hydrogens is 403 g/mol. The first-order valence-electron chi connectivity index (χ1n) is 9.40. The van der Waals surface area contributed by atoms with Crippen molar-refractivity contribution in [2.45, 2.75) is 42.9 Å². The Morgan fingerprint density at radius 1 is 1.10 bits per heavy atom. The monoisotopic (exact) mass is 427 g/mol. The molecule has 3 N–H and O–H groups in total. The highest BCUT2D eigenvalue weighted by atomic mass is 32.2. The van der Waals surface area contributed by atoms with Crippen LogP contribution in [-0.2, 0) is 22.7 Å². The third-order valence-corrected chi connectivity index (χ3v) is 6.08. The average molecular weight is 427 g/mol. The van der Waals surface area contributed by atoms with Crippen LogP contribution < -0.4 is 10.5 Å². The van der Waals surface area contributed by atoms with Crippen molar-refractivity contribution in [3.05, 3.63) is 59.7 Å². The van der Waals surface area contributed by atoms with E-state index in [4.69, 9.17) is 5.14 Å². The lowest BCUT2D eigenvalue weighted by Crippen LogP contribution is -2.43. The third-order valence-electron chi connectivity index (χ3n) is 5.11. The first kappa shape index (κ1) is 21.6. The van der Waals surface area contributed by atoms with Crippen molar-refractivity contribution in [1.82, 2.24) is 4.90 Å². The largest absolute Gasteiger partial charge is 0.417 e. The van der Waals surface area contributed by atoms with Crippen molar-refractivity contribution in [2.75, 3.05) is 18.4 Å². The van der Waals surface area contributed by atoms with Crippen LogP contribution >= 0.6 is 0 Å². The molecule has 0 bridgehead atoms. The van der Waals surface area contributed by atoms with Crippen molar-refractivity contribution in [3.63, 3.8) is 0 Å². The van der Waals surface area contributed by atoms with Gasteiger partial charge in [-0.05, 0) is 43.1 Å². The van der Waals surface area contributed by atoms with Gasteiger partial charge in [0.2, 0.25) is 10.0 Å². The van der Waals surface area contributed by atoms with Gasteiger partial charge in [-0.15, -0.1) is 0 Å². The van der Waals surface area contributed by atoms with Gasteiger partial charge in [0.05, 0.1) is 10.5 Å². The van der Waals surface area contributed by atoms with Gasteiger partial charge in [0.15, 0.2) is 0 Å². The molecule has 0 aliphatic carbocycles. The molecule has 5 nitrogen and oxygen atoms in total. The Morgan fingerprint density at radius 2 is 1.83 bits per heavy atom. The molecule has 158 valence electrons. The van der Waals surface area contributed by atoms with Crippen molar-refractivity contribution in [1.29, 1.82) is 0 Å². The Bertz CT molecular complexity index is 934. The lowest BCUT2D eigenvalue weighted by atomic mass is 10.0. The summed E-state index contributed by atoms with van der Waals surface area (Å²) in [6.07, 6.45) is -1.72. The standard InChI is InChI=1S/C20H24F3N3O2S/c21-20(22,23)18-12-16(9-10-19(18)29(24,27)28)25-13-17-8-4-5-11-26(17)14-15-6-2-1-3-7-15/h1-3,6-7,9-10,12,17,25H,4-5,8,11,13-14H2,(H2,24,27,28). The van der Waals surface area contributed by atoms with E-state index in [1.165, 1.54) is 11.6 Å². The highest BCUT2D eigenvalue weighted by Gasteiger charge is 2.36. The number of likely N-dealkylation sites (tertiary alicyclic amines) is 1. The Balaban J connectivity index is 1.74. The van der Waals surface area contributed by atoms with E-state index in [0.717, 1.165) is 44.5 Å². The minimum absolute atomic E-state index is 0.177. The van der Waals surface area contributed by atoms with E-state index in [-0.39, 0.29) is 11.7 Å². The fourth-order valence-electron chi connectivity index (χ4n) is 3.66. The molecule has 1 unspecified atom stereocenters. The number of nitrogens with zero attached hydrogens (tertiary/aromatic N) is 1. The predicted molar refractivity (Wildman–Crippen MR) is 106 cm³/mol. The predicted octanol–water partition coefficient (Wildman–Crippen LogP) is 3.82. The summed E-state index contributed by atoms with van der Waals surface area (Å²) in [4.78, 5) is 1.41. The normalized spacial score (nSPS) is 18.6. The van der Waals surface area contributed by atoms with Crippen LogP contribution in [0.25, 0.3) is 0 Å². The van der Waals surface area contributed by atoms with E-state index in [1.807, 2.05) is 18.2 Å². The van der Waals surface area contributed by atoms with Crippen LogP contribution in [-0.4, -0.2) is 32.4 Å². The van der Waals surface area contributed by atoms with Gasteiger partial charge < -0.3 is 5.32 Å². The van der Waals surface area contributed by atoms with E-state index in [1.54, 1.807) is 0 Å². The Kier molecular flexibility index (Phi) is 6.50. The quantitative estimate of drug-likeness (QED) is 0.735. The molecular formula is C20H24F3N3O2S. The van der Waals surface area contributed by atoms with Crippen molar-refractivity contribution in [3.8, 4) is 0 Å². The molecule has 1 saturated heterocycles. The van der Waals surface area contributed by atoms with E-state index >= 15 is 0 Å². The minimum Gasteiger partial charge on any atom is -0.383 e. The molecule has 0 saturated carbocycles. The second-order valence-electron chi connectivity index (χ2n) is 7.24. The van der Waals surface area contributed by atoms with Crippen LogP contribution in [0.2, 0.25) is 0 Å². The summed E-state index contributed by atoms with van der Waals surface area (Å²) in [6.45, 7) is 2.18. The molecule has 2 aromatic rings. The number of hydrogen-bond acceptors (Lipinski definition) is 4. The molecule has 1 atom stereocenters. The van der Waals surface area contributed by atoms with Gasteiger partial charge in [-0.1, -0.05) is 36.8 Å². The molecule has 1 aliphatic rings. The molecule has 29 heavy (non-hydrogen) atoms. The topological polar surface area (TPSA) is 75.4 Å². The van der Waals surface area contributed by atoms with Crippen LogP contribution in [0.5, 0.6) is 0 Å². The van der Waals surface area contributed by atoms with Gasteiger partial charge in [-0.25, -0.2) is 13.6 Å². The smallest absolute Gasteiger partial charge is 0.383 e. The number of sulfonamides is 1. The first-order valence-corrected chi connectivity index (χ1v) is 10.9. The van der Waals surface area contributed by atoms with Gasteiger partial charge in [0.25, 0.3) is 0 Å². The summed E-state index contributed by atoms with van der Waals surface area (Å²) < 4.78 is 62.9. The molecule has 1 heterocycles. The number of alkyl halides is 3. The van der Waals surface area contributed by atoms with Gasteiger partial charge >= 0.3 is 6.18 Å². The number of anilines is 1. The number of nitrogens with one attached hydrogen (secondary N) is 1. The zero-order valence-corrected chi connectivity index (χ0v) is 16.6. The highest BCUT2D eigenvalue weighted by Crippen LogP contribution is 2.35. The number of hydrogen-bond donors (Lipinski definition) is 2. The number of primary sulfonamides is 1. The summed E-state index contributed by atoms with van der Waals surface area (Å²) in [5, 5.41) is 7.98. The van der Waals surface area contributed by atoms with E-state index < -0.39 is 26.7 Å². The van der Waals surface area contributed by atoms with Crippen LogP contribution in [0.4, 0.5) is 18.9 Å². The van der Waals surface area contributed by atoms with Crippen LogP contribution in [0.1, 0.15) is 30.4 Å². The third kappa shape index (κ3) is 5.71. The van der Waals surface area contributed by atoms with Gasteiger partial charge in [0, 0.05) is 24.8 Å². The van der Waals surface area contributed by atoms with Crippen molar-refractivity contribution >= 4 is 15.7 Å². The summed E-state index contributed by atoms with van der Waals surface area (Å²) in [5.74, 6) is 0. The molecule has 9 heteroatoms. The molecule has 0 amide bonds.